The monoisotopic (exact) mass is 283 g/mol. The second kappa shape index (κ2) is 5.76. The number of nitrogens with zero attached hydrogens (tertiary/aromatic N) is 1. The minimum Gasteiger partial charge on any atom is -0.465 e. The van der Waals surface area contributed by atoms with Crippen molar-refractivity contribution in [2.24, 2.45) is 0 Å². The number of benzene rings is 1. The molecule has 1 N–H and O–H groups in total. The molecule has 1 aliphatic rings. The van der Waals surface area contributed by atoms with Crippen molar-refractivity contribution in [2.75, 3.05) is 27.3 Å². The van der Waals surface area contributed by atoms with Gasteiger partial charge in [-0.25, -0.2) is 9.18 Å². The quantitative estimate of drug-likeness (QED) is 0.922. The molecule has 0 spiro atoms. The fourth-order valence-electron chi connectivity index (χ4n) is 2.75. The molecule has 0 radical (unpaired) electrons. The highest BCUT2D eigenvalue weighted by molar-refractivity contribution is 5.65. The van der Waals surface area contributed by atoms with E-state index in [2.05, 4.69) is 0 Å². The number of carboxylic acid groups (broad SMARTS) is 1. The van der Waals surface area contributed by atoms with Crippen molar-refractivity contribution in [2.45, 2.75) is 18.1 Å². The van der Waals surface area contributed by atoms with Crippen molar-refractivity contribution in [3.8, 4) is 0 Å². The highest BCUT2D eigenvalue weighted by atomic mass is 19.1. The fraction of sp³-hybridized carbons (Fsp3) is 0.500. The van der Waals surface area contributed by atoms with Gasteiger partial charge >= 0.3 is 6.09 Å². The number of hydrogen-bond acceptors (Lipinski definition) is 3. The van der Waals surface area contributed by atoms with Gasteiger partial charge in [0, 0.05) is 27.2 Å². The number of halogens is 1. The average Bonchev–Trinajstić information content (AvgIpc) is 2.47. The summed E-state index contributed by atoms with van der Waals surface area (Å²) in [6.07, 6.45) is -0.960. The summed E-state index contributed by atoms with van der Waals surface area (Å²) < 4.78 is 24.2. The van der Waals surface area contributed by atoms with Gasteiger partial charge in [-0.15, -0.1) is 0 Å². The molecule has 1 aromatic carbocycles. The van der Waals surface area contributed by atoms with Crippen LogP contribution in [0.15, 0.2) is 24.3 Å². The van der Waals surface area contributed by atoms with Crippen molar-refractivity contribution in [3.05, 3.63) is 35.6 Å². The molecule has 0 aliphatic carbocycles. The highest BCUT2D eigenvalue weighted by Gasteiger charge is 2.46. The van der Waals surface area contributed by atoms with E-state index >= 15 is 0 Å². The van der Waals surface area contributed by atoms with Crippen LogP contribution in [-0.4, -0.2) is 49.5 Å². The molecular formula is C14H18FNO4. The number of ether oxygens (including phenoxy) is 2. The van der Waals surface area contributed by atoms with Gasteiger partial charge in [0.25, 0.3) is 0 Å². The van der Waals surface area contributed by atoms with E-state index in [1.165, 1.54) is 24.1 Å². The first-order valence-corrected chi connectivity index (χ1v) is 6.35. The molecule has 1 aliphatic heterocycles. The van der Waals surface area contributed by atoms with E-state index in [0.29, 0.717) is 13.0 Å². The Morgan fingerprint density at radius 3 is 2.55 bits per heavy atom. The van der Waals surface area contributed by atoms with E-state index < -0.39 is 17.8 Å². The predicted octanol–water partition coefficient (Wildman–Crippen LogP) is 2.07. The number of piperidine rings is 1. The van der Waals surface area contributed by atoms with E-state index in [1.807, 2.05) is 0 Å². The molecule has 1 aromatic rings. The molecule has 0 saturated carbocycles. The SMILES string of the molecule is CO[C@@H]1CN(C(=O)O)CC[C@@]1(OC)c1ccc(F)cc1. The lowest BCUT2D eigenvalue weighted by molar-refractivity contribution is -0.154. The van der Waals surface area contributed by atoms with Crippen LogP contribution in [0.2, 0.25) is 0 Å². The summed E-state index contributed by atoms with van der Waals surface area (Å²) in [4.78, 5) is 12.4. The first-order valence-electron chi connectivity index (χ1n) is 6.35. The maximum Gasteiger partial charge on any atom is 0.407 e. The third kappa shape index (κ3) is 2.48. The number of rotatable bonds is 3. The maximum absolute atomic E-state index is 13.1. The van der Waals surface area contributed by atoms with Gasteiger partial charge in [0.1, 0.15) is 17.5 Å². The van der Waals surface area contributed by atoms with Crippen molar-refractivity contribution >= 4 is 6.09 Å². The molecule has 110 valence electrons. The molecule has 1 saturated heterocycles. The standard InChI is InChI=1S/C14H18FNO4/c1-19-12-9-16(13(17)18)8-7-14(12,20-2)10-3-5-11(15)6-4-10/h3-6,12H,7-9H2,1-2H3,(H,17,18)/t12-,14-/m1/s1. The Bertz CT molecular complexity index is 479. The van der Waals surface area contributed by atoms with Gasteiger partial charge in [-0.1, -0.05) is 12.1 Å². The molecule has 0 bridgehead atoms. The summed E-state index contributed by atoms with van der Waals surface area (Å²) in [7, 11) is 3.08. The van der Waals surface area contributed by atoms with Crippen LogP contribution in [0.4, 0.5) is 9.18 Å². The molecule has 1 heterocycles. The van der Waals surface area contributed by atoms with Gasteiger partial charge in [-0.2, -0.15) is 0 Å². The van der Waals surface area contributed by atoms with Crippen LogP contribution in [0.1, 0.15) is 12.0 Å². The van der Waals surface area contributed by atoms with Crippen LogP contribution < -0.4 is 0 Å². The van der Waals surface area contributed by atoms with Crippen molar-refractivity contribution in [1.29, 1.82) is 0 Å². The number of methoxy groups -OCH3 is 2. The highest BCUT2D eigenvalue weighted by Crippen LogP contribution is 2.38. The molecule has 2 atom stereocenters. The number of amides is 1. The third-order valence-corrected chi connectivity index (χ3v) is 3.91. The second-order valence-electron chi connectivity index (χ2n) is 4.80. The lowest BCUT2D eigenvalue weighted by Gasteiger charge is -2.45. The van der Waals surface area contributed by atoms with E-state index in [4.69, 9.17) is 14.6 Å². The molecule has 2 rings (SSSR count). The van der Waals surface area contributed by atoms with Gasteiger partial charge in [0.15, 0.2) is 0 Å². The van der Waals surface area contributed by atoms with Gasteiger partial charge in [0.05, 0.1) is 6.54 Å². The molecule has 6 heteroatoms. The molecule has 5 nitrogen and oxygen atoms in total. The van der Waals surface area contributed by atoms with Gasteiger partial charge in [0.2, 0.25) is 0 Å². The van der Waals surface area contributed by atoms with E-state index in [0.717, 1.165) is 5.56 Å². The Balaban J connectivity index is 2.34. The minimum atomic E-state index is -0.976. The Hall–Kier alpha value is -1.66. The Morgan fingerprint density at radius 2 is 2.05 bits per heavy atom. The van der Waals surface area contributed by atoms with Crippen molar-refractivity contribution in [3.63, 3.8) is 0 Å². The zero-order valence-corrected chi connectivity index (χ0v) is 11.5. The van der Waals surface area contributed by atoms with Gasteiger partial charge < -0.3 is 19.5 Å². The largest absolute Gasteiger partial charge is 0.465 e. The fourth-order valence-corrected chi connectivity index (χ4v) is 2.75. The van der Waals surface area contributed by atoms with Crippen LogP contribution in [-0.2, 0) is 15.1 Å². The smallest absolute Gasteiger partial charge is 0.407 e. The van der Waals surface area contributed by atoms with Crippen LogP contribution >= 0.6 is 0 Å². The summed E-state index contributed by atoms with van der Waals surface area (Å²) in [6, 6.07) is 6.04. The van der Waals surface area contributed by atoms with Crippen LogP contribution in [0.25, 0.3) is 0 Å². The molecule has 20 heavy (non-hydrogen) atoms. The lowest BCUT2D eigenvalue weighted by Crippen LogP contribution is -2.56. The lowest BCUT2D eigenvalue weighted by atomic mass is 9.81. The molecule has 0 unspecified atom stereocenters. The summed E-state index contributed by atoms with van der Waals surface area (Å²) in [6.45, 7) is 0.567. The molecular weight excluding hydrogens is 265 g/mol. The van der Waals surface area contributed by atoms with Crippen molar-refractivity contribution in [1.82, 2.24) is 4.90 Å². The third-order valence-electron chi connectivity index (χ3n) is 3.91. The summed E-state index contributed by atoms with van der Waals surface area (Å²) in [5.41, 5.74) is 0.0345. The Morgan fingerprint density at radius 1 is 1.40 bits per heavy atom. The van der Waals surface area contributed by atoms with E-state index in [1.54, 1.807) is 19.2 Å². The summed E-state index contributed by atoms with van der Waals surface area (Å²) in [5.74, 6) is -0.322. The number of carbonyl (C=O) groups is 1. The van der Waals surface area contributed by atoms with Gasteiger partial charge in [-0.3, -0.25) is 0 Å². The zero-order chi connectivity index (χ0) is 14.8. The van der Waals surface area contributed by atoms with Crippen LogP contribution in [0.3, 0.4) is 0 Å². The molecule has 1 amide bonds. The number of hydrogen-bond donors (Lipinski definition) is 1. The van der Waals surface area contributed by atoms with E-state index in [9.17, 15) is 9.18 Å². The molecule has 1 fully saturated rings. The van der Waals surface area contributed by atoms with Gasteiger partial charge in [-0.05, 0) is 17.7 Å². The average molecular weight is 283 g/mol. The Kier molecular flexibility index (Phi) is 4.25. The maximum atomic E-state index is 13.1. The first-order chi connectivity index (χ1) is 9.53. The number of likely N-dealkylation sites (tertiary alicyclic amines) is 1. The first kappa shape index (κ1) is 14.7. The zero-order valence-electron chi connectivity index (χ0n) is 11.5. The predicted molar refractivity (Wildman–Crippen MR) is 70.1 cm³/mol. The topological polar surface area (TPSA) is 59.0 Å². The normalized spacial score (nSPS) is 26.6. The Labute approximate surface area is 116 Å². The summed E-state index contributed by atoms with van der Waals surface area (Å²) in [5, 5.41) is 9.08. The minimum absolute atomic E-state index is 0.219. The van der Waals surface area contributed by atoms with Crippen LogP contribution in [0, 0.1) is 5.82 Å². The van der Waals surface area contributed by atoms with E-state index in [-0.39, 0.29) is 12.4 Å². The molecule has 0 aromatic heterocycles. The van der Waals surface area contributed by atoms with Crippen LogP contribution in [0.5, 0.6) is 0 Å². The van der Waals surface area contributed by atoms with Crippen molar-refractivity contribution < 1.29 is 23.8 Å². The summed E-state index contributed by atoms with van der Waals surface area (Å²) >= 11 is 0. The second-order valence-corrected chi connectivity index (χ2v) is 4.80.